The van der Waals surface area contributed by atoms with Crippen LogP contribution in [0.4, 0.5) is 0 Å². The number of allylic oxidation sites excluding steroid dienone is 1. The van der Waals surface area contributed by atoms with E-state index in [0.29, 0.717) is 0 Å². The summed E-state index contributed by atoms with van der Waals surface area (Å²) in [5.41, 5.74) is 1.11. The van der Waals surface area contributed by atoms with Crippen molar-refractivity contribution in [3.8, 4) is 0 Å². The van der Waals surface area contributed by atoms with E-state index < -0.39 is 0 Å². The van der Waals surface area contributed by atoms with E-state index in [1.807, 2.05) is 13.1 Å². The molecule has 0 saturated carbocycles. The van der Waals surface area contributed by atoms with Gasteiger partial charge in [-0.1, -0.05) is 6.08 Å². The van der Waals surface area contributed by atoms with Crippen LogP contribution in [-0.2, 0) is 6.42 Å². The molecule has 46 valence electrons. The lowest BCUT2D eigenvalue weighted by molar-refractivity contribution is 1.02. The van der Waals surface area contributed by atoms with Gasteiger partial charge in [0, 0.05) is 18.8 Å². The first-order valence-corrected chi connectivity index (χ1v) is 3.07. The molecule has 0 spiro atoms. The largest absolute Gasteiger partial charge is 0.310 e. The maximum atomic E-state index is 4.29. The summed E-state index contributed by atoms with van der Waals surface area (Å²) < 4.78 is 2.06. The molecular formula is C7H8N2. The molecule has 0 unspecified atom stereocenters. The predicted octanol–water partition coefficient (Wildman–Crippen LogP) is 1.22. The fourth-order valence-corrected chi connectivity index (χ4v) is 1.12. The highest BCUT2D eigenvalue weighted by molar-refractivity contribution is 5.33. The van der Waals surface area contributed by atoms with Gasteiger partial charge in [-0.25, -0.2) is 4.98 Å². The summed E-state index contributed by atoms with van der Waals surface area (Å²) in [5.74, 6) is 1.16. The second-order valence-electron chi connectivity index (χ2n) is 2.29. The Labute approximate surface area is 53.8 Å². The number of imidazole rings is 1. The minimum Gasteiger partial charge on any atom is -0.310 e. The first-order chi connectivity index (χ1) is 4.36. The van der Waals surface area contributed by atoms with Gasteiger partial charge in [-0.15, -0.1) is 0 Å². The van der Waals surface area contributed by atoms with Crippen LogP contribution in [0.3, 0.4) is 0 Å². The van der Waals surface area contributed by atoms with Crippen molar-refractivity contribution in [2.24, 2.45) is 0 Å². The Balaban J connectivity index is 2.61. The smallest absolute Gasteiger partial charge is 0.116 e. The van der Waals surface area contributed by atoms with Crippen molar-refractivity contribution in [3.05, 3.63) is 23.8 Å². The molecule has 1 aliphatic heterocycles. The highest BCUT2D eigenvalue weighted by atomic mass is 15.1. The lowest BCUT2D eigenvalue weighted by atomic mass is 10.4. The van der Waals surface area contributed by atoms with Crippen LogP contribution >= 0.6 is 0 Å². The van der Waals surface area contributed by atoms with Gasteiger partial charge in [-0.05, 0) is 6.92 Å². The second kappa shape index (κ2) is 1.47. The summed E-state index contributed by atoms with van der Waals surface area (Å²) in [7, 11) is 0. The Morgan fingerprint density at radius 3 is 3.33 bits per heavy atom. The van der Waals surface area contributed by atoms with E-state index in [-0.39, 0.29) is 0 Å². The molecule has 2 nitrogen and oxygen atoms in total. The first-order valence-electron chi connectivity index (χ1n) is 3.07. The van der Waals surface area contributed by atoms with Crippen molar-refractivity contribution >= 4 is 6.20 Å². The minimum atomic E-state index is 0.994. The van der Waals surface area contributed by atoms with Gasteiger partial charge < -0.3 is 4.57 Å². The fourth-order valence-electron chi connectivity index (χ4n) is 1.12. The van der Waals surface area contributed by atoms with E-state index in [1.54, 1.807) is 0 Å². The zero-order chi connectivity index (χ0) is 6.27. The summed E-state index contributed by atoms with van der Waals surface area (Å²) in [6, 6.07) is 0. The predicted molar refractivity (Wildman–Crippen MR) is 36.0 cm³/mol. The zero-order valence-electron chi connectivity index (χ0n) is 5.33. The van der Waals surface area contributed by atoms with Gasteiger partial charge in [0.2, 0.25) is 0 Å². The van der Waals surface area contributed by atoms with E-state index >= 15 is 0 Å². The Morgan fingerprint density at radius 2 is 2.56 bits per heavy atom. The maximum Gasteiger partial charge on any atom is 0.116 e. The first kappa shape index (κ1) is 4.79. The van der Waals surface area contributed by atoms with Gasteiger partial charge in [0.25, 0.3) is 0 Å². The Bertz CT molecular complexity index is 258. The van der Waals surface area contributed by atoms with E-state index in [1.165, 1.54) is 0 Å². The van der Waals surface area contributed by atoms with E-state index in [9.17, 15) is 0 Å². The van der Waals surface area contributed by atoms with Crippen LogP contribution in [0.25, 0.3) is 6.20 Å². The van der Waals surface area contributed by atoms with Gasteiger partial charge in [0.05, 0.1) is 5.69 Å². The number of rotatable bonds is 0. The molecule has 0 bridgehead atoms. The number of aryl methyl sites for hydroxylation is 1. The van der Waals surface area contributed by atoms with Crippen molar-refractivity contribution in [2.75, 3.05) is 0 Å². The molecule has 1 aromatic rings. The van der Waals surface area contributed by atoms with Crippen molar-refractivity contribution in [3.63, 3.8) is 0 Å². The number of aromatic nitrogens is 2. The van der Waals surface area contributed by atoms with Crippen LogP contribution in [-0.4, -0.2) is 9.55 Å². The Kier molecular flexibility index (Phi) is 0.781. The third-order valence-corrected chi connectivity index (χ3v) is 1.50. The van der Waals surface area contributed by atoms with Gasteiger partial charge in [0.15, 0.2) is 0 Å². The van der Waals surface area contributed by atoms with Crippen LogP contribution in [0, 0.1) is 6.92 Å². The summed E-state index contributed by atoms with van der Waals surface area (Å²) in [6.45, 7) is 2.01. The van der Waals surface area contributed by atoms with Crippen molar-refractivity contribution < 1.29 is 0 Å². The fraction of sp³-hybridized carbons (Fsp3) is 0.286. The summed E-state index contributed by atoms with van der Waals surface area (Å²) >= 11 is 0. The molecule has 0 aromatic carbocycles. The number of nitrogens with zero attached hydrogens (tertiary/aromatic N) is 2. The van der Waals surface area contributed by atoms with Crippen molar-refractivity contribution in [1.29, 1.82) is 0 Å². The quantitative estimate of drug-likeness (QED) is 0.503. The van der Waals surface area contributed by atoms with Crippen LogP contribution < -0.4 is 0 Å². The normalized spacial score (nSPS) is 14.3. The molecule has 0 N–H and O–H groups in total. The highest BCUT2D eigenvalue weighted by Gasteiger charge is 2.04. The Morgan fingerprint density at radius 1 is 1.67 bits per heavy atom. The molecule has 2 rings (SSSR count). The highest BCUT2D eigenvalue weighted by Crippen LogP contribution is 2.09. The number of fused-ring (bicyclic) bond motifs is 1. The molecule has 9 heavy (non-hydrogen) atoms. The van der Waals surface area contributed by atoms with Gasteiger partial charge in [-0.3, -0.25) is 0 Å². The van der Waals surface area contributed by atoms with E-state index in [0.717, 1.165) is 17.9 Å². The van der Waals surface area contributed by atoms with Crippen LogP contribution in [0.5, 0.6) is 0 Å². The molecular weight excluding hydrogens is 112 g/mol. The van der Waals surface area contributed by atoms with Crippen LogP contribution in [0.2, 0.25) is 0 Å². The second-order valence-corrected chi connectivity index (χ2v) is 2.29. The van der Waals surface area contributed by atoms with E-state index in [2.05, 4.69) is 21.8 Å². The van der Waals surface area contributed by atoms with Gasteiger partial charge in [0.1, 0.15) is 5.82 Å². The third kappa shape index (κ3) is 0.593. The van der Waals surface area contributed by atoms with Gasteiger partial charge >= 0.3 is 0 Å². The van der Waals surface area contributed by atoms with Crippen LogP contribution in [0.15, 0.2) is 12.3 Å². The molecule has 2 heteroatoms. The molecule has 0 saturated heterocycles. The summed E-state index contributed by atoms with van der Waals surface area (Å²) in [5, 5.41) is 0. The Hall–Kier alpha value is -1.05. The molecule has 0 amide bonds. The third-order valence-electron chi connectivity index (χ3n) is 1.50. The lowest BCUT2D eigenvalue weighted by Crippen LogP contribution is -1.84. The summed E-state index contributed by atoms with van der Waals surface area (Å²) in [6.07, 6.45) is 7.20. The van der Waals surface area contributed by atoms with Crippen molar-refractivity contribution in [2.45, 2.75) is 13.3 Å². The molecule has 0 aliphatic carbocycles. The van der Waals surface area contributed by atoms with Crippen LogP contribution in [0.1, 0.15) is 11.5 Å². The maximum absolute atomic E-state index is 4.29. The molecule has 0 radical (unpaired) electrons. The molecule has 0 fully saturated rings. The molecule has 1 aliphatic rings. The zero-order valence-corrected chi connectivity index (χ0v) is 5.33. The van der Waals surface area contributed by atoms with Crippen molar-refractivity contribution in [1.82, 2.24) is 9.55 Å². The average Bonchev–Trinajstić information content (AvgIpc) is 2.22. The average molecular weight is 120 g/mol. The minimum absolute atomic E-state index is 0.994. The van der Waals surface area contributed by atoms with Gasteiger partial charge in [-0.2, -0.15) is 0 Å². The molecule has 0 atom stereocenters. The SMILES string of the molecule is Cc1cn2c(n1)CC=C2. The standard InChI is InChI=1S/C7H8N2/c1-6-5-9-4-2-3-7(9)8-6/h2,4-5H,3H2,1H3. The summed E-state index contributed by atoms with van der Waals surface area (Å²) in [4.78, 5) is 4.29. The van der Waals surface area contributed by atoms with E-state index in [4.69, 9.17) is 0 Å². The lowest BCUT2D eigenvalue weighted by Gasteiger charge is -1.85. The molecule has 2 heterocycles. The molecule has 1 aromatic heterocycles. The monoisotopic (exact) mass is 120 g/mol. The number of hydrogen-bond acceptors (Lipinski definition) is 1. The topological polar surface area (TPSA) is 17.8 Å². The number of hydrogen-bond donors (Lipinski definition) is 0.